The molecule has 0 bridgehead atoms. The van der Waals surface area contributed by atoms with E-state index in [-0.39, 0.29) is 0 Å². The second kappa shape index (κ2) is 4.04. The number of hydrogen-bond acceptors (Lipinski definition) is 5. The van der Waals surface area contributed by atoms with Crippen LogP contribution in [0.3, 0.4) is 0 Å². The summed E-state index contributed by atoms with van der Waals surface area (Å²) in [6, 6.07) is 7.74. The van der Waals surface area contributed by atoms with Gasteiger partial charge in [-0.3, -0.25) is 0 Å². The summed E-state index contributed by atoms with van der Waals surface area (Å²) in [5.74, 6) is 1.54. The van der Waals surface area contributed by atoms with E-state index in [0.717, 1.165) is 30.1 Å². The number of tetrazole rings is 1. The molecule has 1 aromatic heterocycles. The predicted molar refractivity (Wildman–Crippen MR) is 61.3 cm³/mol. The van der Waals surface area contributed by atoms with Gasteiger partial charge in [0.25, 0.3) is 0 Å². The van der Waals surface area contributed by atoms with E-state index in [1.54, 1.807) is 12.1 Å². The van der Waals surface area contributed by atoms with Crippen LogP contribution in [-0.2, 0) is 6.61 Å². The fourth-order valence-electron chi connectivity index (χ4n) is 1.62. The van der Waals surface area contributed by atoms with Crippen molar-refractivity contribution in [1.82, 2.24) is 20.2 Å². The van der Waals surface area contributed by atoms with Gasteiger partial charge in [-0.2, -0.15) is 0 Å². The lowest BCUT2D eigenvalue weighted by molar-refractivity contribution is 0.286. The number of nitrogen functional groups attached to an aromatic ring is 1. The minimum absolute atomic E-state index is 0.382. The highest BCUT2D eigenvalue weighted by Crippen LogP contribution is 2.34. The number of aromatic nitrogens is 4. The van der Waals surface area contributed by atoms with E-state index in [1.807, 2.05) is 16.8 Å². The lowest BCUT2D eigenvalue weighted by Crippen LogP contribution is -2.07. The Morgan fingerprint density at radius 2 is 2.06 bits per heavy atom. The molecule has 1 heterocycles. The van der Waals surface area contributed by atoms with Crippen molar-refractivity contribution in [2.75, 3.05) is 5.73 Å². The average Bonchev–Trinajstić information content (AvgIpc) is 3.08. The highest BCUT2D eigenvalue weighted by molar-refractivity contribution is 5.41. The van der Waals surface area contributed by atoms with E-state index in [0.29, 0.717) is 12.6 Å². The normalized spacial score (nSPS) is 14.8. The molecule has 6 nitrogen and oxygen atoms in total. The Labute approximate surface area is 98.4 Å². The summed E-state index contributed by atoms with van der Waals surface area (Å²) in [5.41, 5.74) is 6.32. The summed E-state index contributed by atoms with van der Waals surface area (Å²) < 4.78 is 7.45. The van der Waals surface area contributed by atoms with Gasteiger partial charge in [-0.1, -0.05) is 0 Å². The van der Waals surface area contributed by atoms with Gasteiger partial charge in [0.2, 0.25) is 0 Å². The van der Waals surface area contributed by atoms with Gasteiger partial charge in [-0.25, -0.2) is 4.68 Å². The third-order valence-corrected chi connectivity index (χ3v) is 2.70. The van der Waals surface area contributed by atoms with Gasteiger partial charge in [0.05, 0.1) is 6.04 Å². The molecular formula is C11H13N5O. The molecule has 1 saturated carbocycles. The molecule has 88 valence electrons. The third-order valence-electron chi connectivity index (χ3n) is 2.70. The van der Waals surface area contributed by atoms with Crippen LogP contribution in [0.5, 0.6) is 5.75 Å². The van der Waals surface area contributed by atoms with Gasteiger partial charge in [-0.15, -0.1) is 5.10 Å². The van der Waals surface area contributed by atoms with Crippen molar-refractivity contribution < 1.29 is 4.74 Å². The average molecular weight is 231 g/mol. The second-order valence-electron chi connectivity index (χ2n) is 4.13. The minimum Gasteiger partial charge on any atom is -0.486 e. The van der Waals surface area contributed by atoms with E-state index in [9.17, 15) is 0 Å². The molecule has 6 heteroatoms. The van der Waals surface area contributed by atoms with Crippen molar-refractivity contribution in [2.24, 2.45) is 0 Å². The summed E-state index contributed by atoms with van der Waals surface area (Å²) in [4.78, 5) is 0. The number of rotatable bonds is 4. The Bertz CT molecular complexity index is 503. The third kappa shape index (κ3) is 2.20. The molecule has 1 fully saturated rings. The van der Waals surface area contributed by atoms with Gasteiger partial charge in [-0.05, 0) is 47.5 Å². The molecular weight excluding hydrogens is 218 g/mol. The first-order valence-electron chi connectivity index (χ1n) is 5.58. The Balaban J connectivity index is 1.67. The number of hydrogen-bond donors (Lipinski definition) is 1. The molecule has 3 rings (SSSR count). The molecule has 0 unspecified atom stereocenters. The molecule has 1 aliphatic carbocycles. The zero-order valence-electron chi connectivity index (χ0n) is 9.28. The first kappa shape index (κ1) is 10.1. The van der Waals surface area contributed by atoms with Gasteiger partial charge < -0.3 is 10.5 Å². The van der Waals surface area contributed by atoms with E-state index in [4.69, 9.17) is 10.5 Å². The van der Waals surface area contributed by atoms with Crippen LogP contribution in [0.15, 0.2) is 24.3 Å². The van der Waals surface area contributed by atoms with E-state index in [2.05, 4.69) is 15.5 Å². The number of nitrogens with zero attached hydrogens (tertiary/aromatic N) is 4. The first-order valence-corrected chi connectivity index (χ1v) is 5.58. The molecule has 0 saturated heterocycles. The first-order chi connectivity index (χ1) is 8.33. The SMILES string of the molecule is Nc1ccc(OCc2nnnn2C2CC2)cc1. The maximum absolute atomic E-state index is 5.61. The van der Waals surface area contributed by atoms with Gasteiger partial charge in [0.1, 0.15) is 12.4 Å². The highest BCUT2D eigenvalue weighted by atomic mass is 16.5. The predicted octanol–water partition coefficient (Wildman–Crippen LogP) is 1.17. The zero-order chi connectivity index (χ0) is 11.7. The number of ether oxygens (including phenoxy) is 1. The van der Waals surface area contributed by atoms with Crippen LogP contribution in [0, 0.1) is 0 Å². The summed E-state index contributed by atoms with van der Waals surface area (Å²) in [6.07, 6.45) is 2.31. The Hall–Kier alpha value is -2.11. The molecule has 0 aliphatic heterocycles. The smallest absolute Gasteiger partial charge is 0.189 e. The van der Waals surface area contributed by atoms with Gasteiger partial charge >= 0.3 is 0 Å². The summed E-state index contributed by atoms with van der Waals surface area (Å²) in [7, 11) is 0. The summed E-state index contributed by atoms with van der Waals surface area (Å²) in [6.45, 7) is 0.382. The lowest BCUT2D eigenvalue weighted by atomic mass is 10.3. The monoisotopic (exact) mass is 231 g/mol. The molecule has 17 heavy (non-hydrogen) atoms. The molecule has 0 atom stereocenters. The van der Waals surface area contributed by atoms with Crippen molar-refractivity contribution in [2.45, 2.75) is 25.5 Å². The highest BCUT2D eigenvalue weighted by Gasteiger charge is 2.27. The van der Waals surface area contributed by atoms with Crippen molar-refractivity contribution >= 4 is 5.69 Å². The van der Waals surface area contributed by atoms with Crippen LogP contribution in [0.25, 0.3) is 0 Å². The molecule has 2 N–H and O–H groups in total. The van der Waals surface area contributed by atoms with Crippen LogP contribution in [0.1, 0.15) is 24.7 Å². The largest absolute Gasteiger partial charge is 0.486 e. The molecule has 0 spiro atoms. The zero-order valence-corrected chi connectivity index (χ0v) is 9.28. The van der Waals surface area contributed by atoms with Crippen LogP contribution in [0.4, 0.5) is 5.69 Å². The van der Waals surface area contributed by atoms with Gasteiger partial charge in [0, 0.05) is 5.69 Å². The molecule has 0 radical (unpaired) electrons. The topological polar surface area (TPSA) is 78.8 Å². The van der Waals surface area contributed by atoms with E-state index < -0.39 is 0 Å². The van der Waals surface area contributed by atoms with Crippen molar-refractivity contribution in [1.29, 1.82) is 0 Å². The molecule has 2 aromatic rings. The van der Waals surface area contributed by atoms with E-state index >= 15 is 0 Å². The fraction of sp³-hybridized carbons (Fsp3) is 0.364. The maximum Gasteiger partial charge on any atom is 0.189 e. The standard InChI is InChI=1S/C11H13N5O/c12-8-1-5-10(6-2-8)17-7-11-13-14-15-16(11)9-3-4-9/h1-2,5-6,9H,3-4,7,12H2. The molecule has 1 aromatic carbocycles. The van der Waals surface area contributed by atoms with Crippen molar-refractivity contribution in [3.05, 3.63) is 30.1 Å². The summed E-state index contributed by atoms with van der Waals surface area (Å²) in [5, 5.41) is 11.6. The van der Waals surface area contributed by atoms with Gasteiger partial charge in [0.15, 0.2) is 5.82 Å². The fourth-order valence-corrected chi connectivity index (χ4v) is 1.62. The lowest BCUT2D eigenvalue weighted by Gasteiger charge is -2.06. The van der Waals surface area contributed by atoms with Crippen LogP contribution in [-0.4, -0.2) is 20.2 Å². The second-order valence-corrected chi connectivity index (χ2v) is 4.13. The van der Waals surface area contributed by atoms with Crippen LogP contribution >= 0.6 is 0 Å². The van der Waals surface area contributed by atoms with E-state index in [1.165, 1.54) is 0 Å². The summed E-state index contributed by atoms with van der Waals surface area (Å²) >= 11 is 0. The van der Waals surface area contributed by atoms with Crippen molar-refractivity contribution in [3.8, 4) is 5.75 Å². The molecule has 1 aliphatic rings. The molecule has 0 amide bonds. The number of anilines is 1. The Morgan fingerprint density at radius 3 is 2.76 bits per heavy atom. The minimum atomic E-state index is 0.382. The van der Waals surface area contributed by atoms with Crippen LogP contribution in [0.2, 0.25) is 0 Å². The Kier molecular flexibility index (Phi) is 2.40. The number of benzene rings is 1. The Morgan fingerprint density at radius 1 is 1.29 bits per heavy atom. The van der Waals surface area contributed by atoms with Crippen molar-refractivity contribution in [3.63, 3.8) is 0 Å². The number of nitrogens with two attached hydrogens (primary N) is 1. The quantitative estimate of drug-likeness (QED) is 0.799. The maximum atomic E-state index is 5.61. The van der Waals surface area contributed by atoms with Crippen LogP contribution < -0.4 is 10.5 Å².